The Bertz CT molecular complexity index is 1140. The van der Waals surface area contributed by atoms with Crippen molar-refractivity contribution in [1.82, 2.24) is 25.3 Å². The van der Waals surface area contributed by atoms with Crippen LogP contribution < -0.4 is 10.6 Å². The van der Waals surface area contributed by atoms with Crippen LogP contribution >= 0.6 is 0 Å². The Kier molecular flexibility index (Phi) is 9.13. The summed E-state index contributed by atoms with van der Waals surface area (Å²) in [6.45, 7) is 4.78. The van der Waals surface area contributed by atoms with E-state index in [1.54, 1.807) is 28.9 Å². The van der Waals surface area contributed by atoms with Gasteiger partial charge < -0.3 is 35.5 Å². The van der Waals surface area contributed by atoms with Gasteiger partial charge in [-0.15, -0.1) is 0 Å². The van der Waals surface area contributed by atoms with Gasteiger partial charge in [-0.2, -0.15) is 0 Å². The van der Waals surface area contributed by atoms with Crippen molar-refractivity contribution in [1.29, 1.82) is 0 Å². The number of hydrogen-bond donors (Lipinski definition) is 4. The Hall–Kier alpha value is -3.18. The average Bonchev–Trinajstić information content (AvgIpc) is 3.64. The van der Waals surface area contributed by atoms with E-state index in [1.165, 1.54) is 0 Å². The van der Waals surface area contributed by atoms with Gasteiger partial charge in [0.15, 0.2) is 0 Å². The number of piperidine rings is 1. The number of phenolic OH excluding ortho intramolecular Hbond substituents is 1. The molecule has 4 heterocycles. The summed E-state index contributed by atoms with van der Waals surface area (Å²) in [6, 6.07) is 5.49. The van der Waals surface area contributed by atoms with E-state index >= 15 is 0 Å². The first-order valence-corrected chi connectivity index (χ1v) is 15.0. The number of aromatic hydroxyl groups is 1. The van der Waals surface area contributed by atoms with E-state index in [9.17, 15) is 29.4 Å². The molecule has 0 unspecified atom stereocenters. The molecule has 1 aromatic rings. The number of phenols is 1. The fourth-order valence-corrected chi connectivity index (χ4v) is 6.79. The summed E-state index contributed by atoms with van der Waals surface area (Å²) >= 11 is 0. The molecule has 0 radical (unpaired) electrons. The first kappa shape index (κ1) is 29.3. The van der Waals surface area contributed by atoms with Crippen LogP contribution in [0.4, 0.5) is 0 Å². The van der Waals surface area contributed by atoms with Crippen LogP contribution in [-0.4, -0.2) is 105 Å². The number of amides is 4. The quantitative estimate of drug-likeness (QED) is 0.407. The van der Waals surface area contributed by atoms with Crippen LogP contribution in [0.25, 0.3) is 0 Å². The highest BCUT2D eigenvalue weighted by molar-refractivity contribution is 5.89. The summed E-state index contributed by atoms with van der Waals surface area (Å²) < 4.78 is 0. The number of rotatable bonds is 5. The van der Waals surface area contributed by atoms with Gasteiger partial charge in [-0.05, 0) is 50.5 Å². The van der Waals surface area contributed by atoms with Crippen LogP contribution in [0.3, 0.4) is 0 Å². The van der Waals surface area contributed by atoms with E-state index in [0.29, 0.717) is 45.4 Å². The van der Waals surface area contributed by atoms with E-state index in [0.717, 1.165) is 31.5 Å². The van der Waals surface area contributed by atoms with Crippen molar-refractivity contribution in [3.8, 4) is 5.75 Å². The molecule has 11 heteroatoms. The lowest BCUT2D eigenvalue weighted by Crippen LogP contribution is -2.51. The molecule has 11 nitrogen and oxygen atoms in total. The molecule has 4 aliphatic heterocycles. The normalized spacial score (nSPS) is 31.3. The third-order valence-electron chi connectivity index (χ3n) is 9.40. The second kappa shape index (κ2) is 12.8. The number of aliphatic hydroxyl groups excluding tert-OH is 1. The molecule has 1 aromatic carbocycles. The minimum atomic E-state index is -1.05. The van der Waals surface area contributed by atoms with Crippen molar-refractivity contribution < 1.29 is 29.4 Å². The van der Waals surface area contributed by atoms with Gasteiger partial charge in [0.1, 0.15) is 11.8 Å². The number of para-hydroxylation sites is 1. The summed E-state index contributed by atoms with van der Waals surface area (Å²) in [5.74, 6) is -0.667. The van der Waals surface area contributed by atoms with Crippen LogP contribution in [0.2, 0.25) is 0 Å². The molecule has 4 aliphatic rings. The maximum absolute atomic E-state index is 13.9. The van der Waals surface area contributed by atoms with E-state index < -0.39 is 18.2 Å². The lowest BCUT2D eigenvalue weighted by atomic mass is 9.80. The molecule has 0 aliphatic carbocycles. The second-order valence-electron chi connectivity index (χ2n) is 12.2. The van der Waals surface area contributed by atoms with Crippen molar-refractivity contribution in [3.63, 3.8) is 0 Å². The van der Waals surface area contributed by atoms with E-state index in [1.807, 2.05) is 17.0 Å². The highest BCUT2D eigenvalue weighted by Crippen LogP contribution is 2.33. The molecule has 0 spiro atoms. The summed E-state index contributed by atoms with van der Waals surface area (Å²) in [4.78, 5) is 58.6. The number of carbonyl (C=O) groups excluding carboxylic acids is 4. The highest BCUT2D eigenvalue weighted by Gasteiger charge is 2.43. The lowest BCUT2D eigenvalue weighted by molar-refractivity contribution is -0.142. The van der Waals surface area contributed by atoms with Gasteiger partial charge in [-0.3, -0.25) is 19.2 Å². The zero-order valence-electron chi connectivity index (χ0n) is 23.8. The molecule has 2 bridgehead atoms. The number of nitrogens with zero attached hydrogens (tertiary/aromatic N) is 3. The molecule has 4 amide bonds. The summed E-state index contributed by atoms with van der Waals surface area (Å²) in [5, 5.41) is 27.1. The molecule has 4 fully saturated rings. The number of hydrogen-bond acceptors (Lipinski definition) is 7. The van der Waals surface area contributed by atoms with Gasteiger partial charge >= 0.3 is 0 Å². The fourth-order valence-electron chi connectivity index (χ4n) is 6.79. The molecular weight excluding hydrogens is 526 g/mol. The molecule has 4 saturated heterocycles. The predicted octanol–water partition coefficient (Wildman–Crippen LogP) is 0.588. The third kappa shape index (κ3) is 6.83. The first-order chi connectivity index (χ1) is 19.7. The average molecular weight is 570 g/mol. The van der Waals surface area contributed by atoms with Gasteiger partial charge in [-0.1, -0.05) is 18.2 Å². The Balaban J connectivity index is 1.34. The van der Waals surface area contributed by atoms with Gasteiger partial charge in [0, 0.05) is 63.7 Å². The lowest BCUT2D eigenvalue weighted by Gasteiger charge is -2.39. The molecule has 6 atom stereocenters. The SMILES string of the molecule is C[C@@H]1NC(=O)[C@@H]2C[C@H](NCc3ccccc3O)CN2C(=O)C[C@H]2CN(CC[C@H]2CC(=O)N2CCCC2)C(=O)C[C@@H]1O. The van der Waals surface area contributed by atoms with Crippen LogP contribution in [-0.2, 0) is 25.7 Å². The van der Waals surface area contributed by atoms with Crippen LogP contribution in [0.5, 0.6) is 5.75 Å². The summed E-state index contributed by atoms with van der Waals surface area (Å²) in [5.41, 5.74) is 0.731. The summed E-state index contributed by atoms with van der Waals surface area (Å²) in [7, 11) is 0. The maximum Gasteiger partial charge on any atom is 0.243 e. The molecule has 0 aromatic heterocycles. The van der Waals surface area contributed by atoms with Gasteiger partial charge in [0.2, 0.25) is 23.6 Å². The Morgan fingerprint density at radius 2 is 1.80 bits per heavy atom. The molecule has 41 heavy (non-hydrogen) atoms. The minimum Gasteiger partial charge on any atom is -0.508 e. The van der Waals surface area contributed by atoms with E-state index in [-0.39, 0.29) is 60.1 Å². The Labute approximate surface area is 241 Å². The molecule has 4 N–H and O–H groups in total. The zero-order chi connectivity index (χ0) is 29.1. The van der Waals surface area contributed by atoms with Gasteiger partial charge in [-0.25, -0.2) is 0 Å². The number of fused-ring (bicyclic) bond motifs is 3. The van der Waals surface area contributed by atoms with Crippen LogP contribution in [0.15, 0.2) is 24.3 Å². The number of benzene rings is 1. The fraction of sp³-hybridized carbons (Fsp3) is 0.667. The number of likely N-dealkylation sites (tertiary alicyclic amines) is 1. The third-order valence-corrected chi connectivity index (χ3v) is 9.40. The highest BCUT2D eigenvalue weighted by atomic mass is 16.3. The smallest absolute Gasteiger partial charge is 0.243 e. The van der Waals surface area contributed by atoms with E-state index in [2.05, 4.69) is 10.6 Å². The number of carbonyl (C=O) groups is 4. The molecule has 0 saturated carbocycles. The molecule has 5 rings (SSSR count). The topological polar surface area (TPSA) is 143 Å². The Morgan fingerprint density at radius 3 is 2.56 bits per heavy atom. The van der Waals surface area contributed by atoms with Crippen molar-refractivity contribution >= 4 is 23.6 Å². The first-order valence-electron chi connectivity index (χ1n) is 15.0. The van der Waals surface area contributed by atoms with Crippen molar-refractivity contribution in [2.75, 3.05) is 32.7 Å². The molecule has 224 valence electrons. The van der Waals surface area contributed by atoms with Crippen LogP contribution in [0, 0.1) is 11.8 Å². The second-order valence-corrected chi connectivity index (χ2v) is 12.2. The summed E-state index contributed by atoms with van der Waals surface area (Å²) in [6.07, 6.45) is 2.38. The van der Waals surface area contributed by atoms with Crippen molar-refractivity contribution in [2.45, 2.75) is 82.6 Å². The largest absolute Gasteiger partial charge is 0.508 e. The Morgan fingerprint density at radius 1 is 1.05 bits per heavy atom. The molecular formula is C30H43N5O6. The standard InChI is InChI=1S/C30H43N5O6/c1-19-26(37)15-28(39)34-11-8-20(12-27(38)33-9-4-5-10-33)22(17-34)13-29(40)35-18-23(14-24(35)30(41)32-19)31-16-21-6-2-3-7-25(21)36/h2-3,6-7,19-20,22-24,26,31,36-37H,4-5,8-18H2,1H3,(H,32,41)/t19-,20-,22-,23-,24-,26-/m0/s1. The monoisotopic (exact) mass is 569 g/mol. The van der Waals surface area contributed by atoms with Gasteiger partial charge in [0.25, 0.3) is 0 Å². The zero-order valence-corrected chi connectivity index (χ0v) is 23.8. The predicted molar refractivity (Wildman–Crippen MR) is 150 cm³/mol. The maximum atomic E-state index is 13.9. The van der Waals surface area contributed by atoms with Crippen molar-refractivity contribution in [2.24, 2.45) is 11.8 Å². The number of aliphatic hydroxyl groups is 1. The minimum absolute atomic E-state index is 0.0325. The van der Waals surface area contributed by atoms with Crippen LogP contribution in [0.1, 0.15) is 57.4 Å². The van der Waals surface area contributed by atoms with Crippen molar-refractivity contribution in [3.05, 3.63) is 29.8 Å². The number of nitrogens with one attached hydrogen (secondary N) is 2. The van der Waals surface area contributed by atoms with E-state index in [4.69, 9.17) is 0 Å². The van der Waals surface area contributed by atoms with Gasteiger partial charge in [0.05, 0.1) is 18.6 Å².